The minimum atomic E-state index is -0.425. The van der Waals surface area contributed by atoms with Crippen LogP contribution in [0.15, 0.2) is 84.0 Å². The maximum atomic E-state index is 13.3. The standard InChI is InChI=1S/C28H26N2O5/c1-19(31)35-25-12-8-7-11-22(25)23-18-24(21-14-15-26(33-2)27(17-21)34-3)30(29-23)28(32)16-13-20-9-5-4-6-10-20/h4-17,24H,18H2,1-3H3/b16-13+/t24-/m0/s1. The van der Waals surface area contributed by atoms with E-state index in [-0.39, 0.29) is 11.9 Å². The van der Waals surface area contributed by atoms with Crippen molar-refractivity contribution in [2.75, 3.05) is 14.2 Å². The highest BCUT2D eigenvalue weighted by atomic mass is 16.5. The van der Waals surface area contributed by atoms with E-state index in [1.54, 1.807) is 38.5 Å². The van der Waals surface area contributed by atoms with Crippen LogP contribution in [0.4, 0.5) is 0 Å². The largest absolute Gasteiger partial charge is 0.493 e. The summed E-state index contributed by atoms with van der Waals surface area (Å²) in [5.74, 6) is 0.863. The maximum absolute atomic E-state index is 13.3. The van der Waals surface area contributed by atoms with Crippen molar-refractivity contribution in [2.24, 2.45) is 5.10 Å². The molecular weight excluding hydrogens is 444 g/mol. The third kappa shape index (κ3) is 5.41. The number of para-hydroxylation sites is 1. The SMILES string of the molecule is COc1ccc([C@@H]2CC(c3ccccc3OC(C)=O)=NN2C(=O)/C=C/c2ccccc2)cc1OC. The molecule has 1 heterocycles. The molecule has 0 radical (unpaired) electrons. The van der Waals surface area contributed by atoms with E-state index in [1.165, 1.54) is 18.0 Å². The smallest absolute Gasteiger partial charge is 0.308 e. The minimum absolute atomic E-state index is 0.270. The molecule has 0 unspecified atom stereocenters. The lowest BCUT2D eigenvalue weighted by Gasteiger charge is -2.21. The topological polar surface area (TPSA) is 77.4 Å². The molecule has 1 aliphatic heterocycles. The number of ether oxygens (including phenoxy) is 3. The van der Waals surface area contributed by atoms with E-state index < -0.39 is 5.97 Å². The Bertz CT molecular complexity index is 1280. The molecule has 1 aliphatic rings. The van der Waals surface area contributed by atoms with Crippen LogP contribution in [0.5, 0.6) is 17.2 Å². The molecule has 0 aliphatic carbocycles. The van der Waals surface area contributed by atoms with Crippen LogP contribution in [0.25, 0.3) is 6.08 Å². The first-order valence-electron chi connectivity index (χ1n) is 11.1. The Balaban J connectivity index is 1.72. The maximum Gasteiger partial charge on any atom is 0.308 e. The van der Waals surface area contributed by atoms with Crippen LogP contribution >= 0.6 is 0 Å². The quantitative estimate of drug-likeness (QED) is 0.275. The summed E-state index contributed by atoms with van der Waals surface area (Å²) in [6, 6.07) is 21.9. The lowest BCUT2D eigenvalue weighted by molar-refractivity contribution is -0.132. The average molecular weight is 471 g/mol. The number of benzene rings is 3. The van der Waals surface area contributed by atoms with Crippen LogP contribution in [0.1, 0.15) is 36.1 Å². The Labute approximate surface area is 204 Å². The van der Waals surface area contributed by atoms with Gasteiger partial charge in [-0.3, -0.25) is 9.59 Å². The number of carbonyl (C=O) groups excluding carboxylic acids is 2. The van der Waals surface area contributed by atoms with Crippen LogP contribution in [-0.2, 0) is 9.59 Å². The van der Waals surface area contributed by atoms with Crippen molar-refractivity contribution in [3.05, 3.63) is 95.6 Å². The second-order valence-electron chi connectivity index (χ2n) is 7.90. The molecule has 1 amide bonds. The number of methoxy groups -OCH3 is 2. The summed E-state index contributed by atoms with van der Waals surface area (Å²) in [4.78, 5) is 24.9. The summed E-state index contributed by atoms with van der Waals surface area (Å²) in [5, 5.41) is 6.14. The first kappa shape index (κ1) is 23.8. The van der Waals surface area contributed by atoms with Gasteiger partial charge in [0.25, 0.3) is 5.91 Å². The minimum Gasteiger partial charge on any atom is -0.493 e. The zero-order chi connectivity index (χ0) is 24.8. The van der Waals surface area contributed by atoms with Gasteiger partial charge in [-0.2, -0.15) is 5.10 Å². The lowest BCUT2D eigenvalue weighted by atomic mass is 9.97. The molecule has 0 N–H and O–H groups in total. The Kier molecular flexibility index (Phi) is 7.26. The monoisotopic (exact) mass is 470 g/mol. The normalized spacial score (nSPS) is 15.1. The Morgan fingerprint density at radius 1 is 0.914 bits per heavy atom. The number of rotatable bonds is 7. The lowest BCUT2D eigenvalue weighted by Crippen LogP contribution is -2.25. The molecule has 178 valence electrons. The van der Waals surface area contributed by atoms with Crippen molar-refractivity contribution in [2.45, 2.75) is 19.4 Å². The van der Waals surface area contributed by atoms with Gasteiger partial charge in [-0.25, -0.2) is 5.01 Å². The molecule has 0 saturated carbocycles. The van der Waals surface area contributed by atoms with E-state index in [4.69, 9.17) is 14.2 Å². The molecule has 7 heteroatoms. The highest BCUT2D eigenvalue weighted by molar-refractivity contribution is 6.06. The molecule has 35 heavy (non-hydrogen) atoms. The Morgan fingerprint density at radius 3 is 2.34 bits per heavy atom. The fraction of sp³-hybridized carbons (Fsp3) is 0.179. The van der Waals surface area contributed by atoms with Crippen molar-refractivity contribution >= 4 is 23.7 Å². The van der Waals surface area contributed by atoms with Gasteiger partial charge in [0.15, 0.2) is 11.5 Å². The van der Waals surface area contributed by atoms with Crippen molar-refractivity contribution < 1.29 is 23.8 Å². The first-order valence-corrected chi connectivity index (χ1v) is 11.1. The van der Waals surface area contributed by atoms with Crippen LogP contribution in [-0.4, -0.2) is 36.8 Å². The number of hydrogen-bond acceptors (Lipinski definition) is 6. The van der Waals surface area contributed by atoms with E-state index >= 15 is 0 Å². The van der Waals surface area contributed by atoms with Gasteiger partial charge >= 0.3 is 5.97 Å². The van der Waals surface area contributed by atoms with Gasteiger partial charge in [0.05, 0.1) is 26.0 Å². The number of hydrogen-bond donors (Lipinski definition) is 0. The molecule has 3 aromatic carbocycles. The van der Waals surface area contributed by atoms with Crippen molar-refractivity contribution in [1.82, 2.24) is 5.01 Å². The number of hydrazone groups is 1. The molecule has 1 atom stereocenters. The molecule has 0 fully saturated rings. The molecule has 0 bridgehead atoms. The van der Waals surface area contributed by atoms with Crippen molar-refractivity contribution in [3.8, 4) is 17.2 Å². The molecule has 3 aromatic rings. The summed E-state index contributed by atoms with van der Waals surface area (Å²) >= 11 is 0. The Hall–Kier alpha value is -4.39. The average Bonchev–Trinajstić information content (AvgIpc) is 3.33. The van der Waals surface area contributed by atoms with Gasteiger partial charge in [-0.1, -0.05) is 48.5 Å². The van der Waals surface area contributed by atoms with E-state index in [1.807, 2.05) is 54.6 Å². The fourth-order valence-electron chi connectivity index (χ4n) is 3.95. The fourth-order valence-corrected chi connectivity index (χ4v) is 3.95. The second-order valence-corrected chi connectivity index (χ2v) is 7.90. The molecule has 0 aromatic heterocycles. The van der Waals surface area contributed by atoms with Crippen LogP contribution < -0.4 is 14.2 Å². The van der Waals surface area contributed by atoms with E-state index in [9.17, 15) is 9.59 Å². The zero-order valence-electron chi connectivity index (χ0n) is 19.8. The number of esters is 1. The van der Waals surface area contributed by atoms with Crippen molar-refractivity contribution in [1.29, 1.82) is 0 Å². The van der Waals surface area contributed by atoms with E-state index in [0.717, 1.165) is 11.1 Å². The van der Waals surface area contributed by atoms with Gasteiger partial charge < -0.3 is 14.2 Å². The molecule has 4 rings (SSSR count). The van der Waals surface area contributed by atoms with E-state index in [0.29, 0.717) is 34.9 Å². The predicted octanol–water partition coefficient (Wildman–Crippen LogP) is 5.02. The van der Waals surface area contributed by atoms with Gasteiger partial charge in [0.2, 0.25) is 0 Å². The molecule has 7 nitrogen and oxygen atoms in total. The van der Waals surface area contributed by atoms with E-state index in [2.05, 4.69) is 5.10 Å². The van der Waals surface area contributed by atoms with Gasteiger partial charge in [-0.15, -0.1) is 0 Å². The zero-order valence-corrected chi connectivity index (χ0v) is 19.8. The van der Waals surface area contributed by atoms with Crippen molar-refractivity contribution in [3.63, 3.8) is 0 Å². The van der Waals surface area contributed by atoms with Crippen LogP contribution in [0.3, 0.4) is 0 Å². The summed E-state index contributed by atoms with van der Waals surface area (Å²) in [6.45, 7) is 1.35. The van der Waals surface area contributed by atoms with Crippen LogP contribution in [0, 0.1) is 0 Å². The Morgan fingerprint density at radius 2 is 1.63 bits per heavy atom. The van der Waals surface area contributed by atoms with Gasteiger partial charge in [0.1, 0.15) is 5.75 Å². The summed E-state index contributed by atoms with van der Waals surface area (Å²) in [5.41, 5.74) is 3.05. The number of amides is 1. The first-order chi connectivity index (χ1) is 17.0. The second kappa shape index (κ2) is 10.7. The van der Waals surface area contributed by atoms with Gasteiger partial charge in [0, 0.05) is 25.0 Å². The number of nitrogens with zero attached hydrogens (tertiary/aromatic N) is 2. The summed E-state index contributed by atoms with van der Waals surface area (Å²) in [7, 11) is 3.14. The number of carbonyl (C=O) groups is 2. The third-order valence-corrected chi connectivity index (χ3v) is 5.60. The highest BCUT2D eigenvalue weighted by Crippen LogP contribution is 2.38. The molecular formula is C28H26N2O5. The summed E-state index contributed by atoms with van der Waals surface area (Å²) in [6.07, 6.45) is 3.69. The van der Waals surface area contributed by atoms with Crippen LogP contribution in [0.2, 0.25) is 0 Å². The highest BCUT2D eigenvalue weighted by Gasteiger charge is 2.34. The molecule has 0 saturated heterocycles. The third-order valence-electron chi connectivity index (χ3n) is 5.60. The van der Waals surface area contributed by atoms with Gasteiger partial charge in [-0.05, 0) is 41.5 Å². The summed E-state index contributed by atoms with van der Waals surface area (Å²) < 4.78 is 16.2. The molecule has 0 spiro atoms. The predicted molar refractivity (Wildman–Crippen MR) is 134 cm³/mol.